The lowest BCUT2D eigenvalue weighted by Gasteiger charge is -2.18. The zero-order chi connectivity index (χ0) is 20.7. The summed E-state index contributed by atoms with van der Waals surface area (Å²) in [4.78, 5) is 28.2. The average molecular weight is 424 g/mol. The summed E-state index contributed by atoms with van der Waals surface area (Å²) >= 11 is 2.65. The number of aliphatic hydroxyl groups excluding tert-OH is 1. The summed E-state index contributed by atoms with van der Waals surface area (Å²) in [5.41, 5.74) is 1.00. The van der Waals surface area contributed by atoms with Crippen molar-refractivity contribution in [3.05, 3.63) is 45.0 Å². The molecule has 9 heteroatoms. The standard InChI is InChI=1S/C19H25N3O4S2/c1-12(2)8-14(6-7-23)10-20-18(24)15-4-5-17(16(9-15)22(25)26)28-19-21-13(3)11-27-19/h4-5,9,11-12,14,23H,6-8,10H2,1-3H3,(H,20,24)/t14-/m0/s1. The first-order valence-electron chi connectivity index (χ1n) is 9.07. The average Bonchev–Trinajstić information content (AvgIpc) is 3.04. The summed E-state index contributed by atoms with van der Waals surface area (Å²) in [6.45, 7) is 6.55. The Balaban J connectivity index is 2.11. The Hall–Kier alpha value is -1.97. The van der Waals surface area contributed by atoms with Crippen LogP contribution in [0.4, 0.5) is 5.69 Å². The summed E-state index contributed by atoms with van der Waals surface area (Å²) < 4.78 is 0.721. The third-order valence-corrected chi connectivity index (χ3v) is 6.23. The van der Waals surface area contributed by atoms with Gasteiger partial charge in [-0.05, 0) is 43.7 Å². The zero-order valence-electron chi connectivity index (χ0n) is 16.2. The van der Waals surface area contributed by atoms with Gasteiger partial charge in [0.15, 0.2) is 4.34 Å². The Kier molecular flexibility index (Phi) is 8.40. The molecule has 0 radical (unpaired) electrons. The molecule has 0 spiro atoms. The molecule has 28 heavy (non-hydrogen) atoms. The second-order valence-corrected chi connectivity index (χ2v) is 9.16. The maximum Gasteiger partial charge on any atom is 0.284 e. The minimum atomic E-state index is -0.479. The molecule has 1 heterocycles. The molecule has 2 rings (SSSR count). The van der Waals surface area contributed by atoms with Crippen molar-refractivity contribution in [1.82, 2.24) is 10.3 Å². The fourth-order valence-electron chi connectivity index (χ4n) is 2.85. The van der Waals surface area contributed by atoms with Gasteiger partial charge in [-0.3, -0.25) is 14.9 Å². The van der Waals surface area contributed by atoms with E-state index in [2.05, 4.69) is 24.1 Å². The predicted octanol–water partition coefficient (Wildman–Crippen LogP) is 4.29. The van der Waals surface area contributed by atoms with Gasteiger partial charge < -0.3 is 10.4 Å². The van der Waals surface area contributed by atoms with Crippen molar-refractivity contribution in [2.24, 2.45) is 11.8 Å². The van der Waals surface area contributed by atoms with Gasteiger partial charge in [0, 0.05) is 35.9 Å². The fourth-order valence-corrected chi connectivity index (χ4v) is 4.73. The van der Waals surface area contributed by atoms with Crippen molar-refractivity contribution in [1.29, 1.82) is 0 Å². The van der Waals surface area contributed by atoms with Crippen LogP contribution in [0.15, 0.2) is 32.8 Å². The van der Waals surface area contributed by atoms with Gasteiger partial charge in [-0.1, -0.05) is 25.6 Å². The number of aromatic nitrogens is 1. The highest BCUT2D eigenvalue weighted by Gasteiger charge is 2.20. The minimum absolute atomic E-state index is 0.0703. The van der Waals surface area contributed by atoms with Crippen molar-refractivity contribution in [3.63, 3.8) is 0 Å². The summed E-state index contributed by atoms with van der Waals surface area (Å²) in [5.74, 6) is 0.281. The van der Waals surface area contributed by atoms with E-state index in [-0.39, 0.29) is 29.7 Å². The molecule has 0 aliphatic rings. The van der Waals surface area contributed by atoms with Gasteiger partial charge >= 0.3 is 0 Å². The molecule has 1 aromatic carbocycles. The number of hydrogen-bond donors (Lipinski definition) is 2. The van der Waals surface area contributed by atoms with Crippen LogP contribution in [0.1, 0.15) is 42.7 Å². The van der Waals surface area contributed by atoms with Crippen LogP contribution in [-0.4, -0.2) is 34.1 Å². The second-order valence-electron chi connectivity index (χ2n) is 7.01. The van der Waals surface area contributed by atoms with Crippen molar-refractivity contribution in [2.45, 2.75) is 42.8 Å². The molecule has 1 aromatic heterocycles. The first kappa shape index (κ1) is 22.3. The first-order chi connectivity index (χ1) is 13.3. The quantitative estimate of drug-likeness (QED) is 0.436. The molecule has 0 aliphatic heterocycles. The number of nitro groups is 1. The maximum absolute atomic E-state index is 12.5. The molecule has 2 N–H and O–H groups in total. The lowest BCUT2D eigenvalue weighted by molar-refractivity contribution is -0.387. The normalized spacial score (nSPS) is 12.2. The van der Waals surface area contributed by atoms with Crippen molar-refractivity contribution < 1.29 is 14.8 Å². The molecule has 1 atom stereocenters. The first-order valence-corrected chi connectivity index (χ1v) is 10.8. The Labute approximate surface area is 172 Å². The molecular formula is C19H25N3O4S2. The number of benzene rings is 1. The van der Waals surface area contributed by atoms with Crippen LogP contribution in [0.2, 0.25) is 0 Å². The van der Waals surface area contributed by atoms with E-state index in [9.17, 15) is 20.0 Å². The van der Waals surface area contributed by atoms with Crippen molar-refractivity contribution in [3.8, 4) is 0 Å². The number of thiazole rings is 1. The molecule has 152 valence electrons. The summed E-state index contributed by atoms with van der Waals surface area (Å²) in [7, 11) is 0. The van der Waals surface area contributed by atoms with Gasteiger partial charge in [0.25, 0.3) is 11.6 Å². The van der Waals surface area contributed by atoms with E-state index < -0.39 is 4.92 Å². The van der Waals surface area contributed by atoms with Gasteiger partial charge in [-0.25, -0.2) is 4.98 Å². The molecule has 7 nitrogen and oxygen atoms in total. The molecular weight excluding hydrogens is 398 g/mol. The number of amides is 1. The van der Waals surface area contributed by atoms with Crippen molar-refractivity contribution >= 4 is 34.7 Å². The Morgan fingerprint density at radius 2 is 2.18 bits per heavy atom. The molecule has 0 aliphatic carbocycles. The molecule has 0 saturated heterocycles. The Bertz CT molecular complexity index is 823. The van der Waals surface area contributed by atoms with E-state index in [4.69, 9.17) is 0 Å². The van der Waals surface area contributed by atoms with Gasteiger partial charge in [0.1, 0.15) is 0 Å². The van der Waals surface area contributed by atoms with Crippen LogP contribution in [0.3, 0.4) is 0 Å². The van der Waals surface area contributed by atoms with Crippen LogP contribution < -0.4 is 5.32 Å². The van der Waals surface area contributed by atoms with Gasteiger partial charge in [-0.2, -0.15) is 0 Å². The Morgan fingerprint density at radius 1 is 1.43 bits per heavy atom. The number of nitro benzene ring substituents is 1. The second kappa shape index (κ2) is 10.5. The molecule has 0 fully saturated rings. The van der Waals surface area contributed by atoms with Gasteiger partial charge in [0.05, 0.1) is 9.82 Å². The third-order valence-electron chi connectivity index (χ3n) is 4.11. The SMILES string of the molecule is Cc1csc(Sc2ccc(C(=O)NC[C@@H](CCO)CC(C)C)cc2[N+](=O)[O-])n1. The number of aliphatic hydroxyl groups is 1. The molecule has 0 saturated carbocycles. The number of nitrogens with zero attached hydrogens (tertiary/aromatic N) is 2. The van der Waals surface area contributed by atoms with Crippen molar-refractivity contribution in [2.75, 3.05) is 13.2 Å². The minimum Gasteiger partial charge on any atom is -0.396 e. The largest absolute Gasteiger partial charge is 0.396 e. The van der Waals surface area contributed by atoms with E-state index in [1.54, 1.807) is 12.1 Å². The topological polar surface area (TPSA) is 105 Å². The lowest BCUT2D eigenvalue weighted by Crippen LogP contribution is -2.30. The molecule has 0 unspecified atom stereocenters. The monoisotopic (exact) mass is 423 g/mol. The number of carbonyl (C=O) groups excluding carboxylic acids is 1. The van der Waals surface area contributed by atoms with Crippen LogP contribution in [0.25, 0.3) is 0 Å². The number of carbonyl (C=O) groups is 1. The number of rotatable bonds is 10. The van der Waals surface area contributed by atoms with Crippen LogP contribution in [-0.2, 0) is 0 Å². The molecule has 1 amide bonds. The summed E-state index contributed by atoms with van der Waals surface area (Å²) in [6, 6.07) is 4.49. The van der Waals surface area contributed by atoms with Crippen LogP contribution in [0.5, 0.6) is 0 Å². The van der Waals surface area contributed by atoms with Gasteiger partial charge in [0.2, 0.25) is 0 Å². The number of aryl methyl sites for hydroxylation is 1. The fraction of sp³-hybridized carbons (Fsp3) is 0.474. The van der Waals surface area contributed by atoms with E-state index in [1.165, 1.54) is 29.2 Å². The predicted molar refractivity (Wildman–Crippen MR) is 111 cm³/mol. The highest BCUT2D eigenvalue weighted by atomic mass is 32.2. The smallest absolute Gasteiger partial charge is 0.284 e. The highest BCUT2D eigenvalue weighted by molar-refractivity contribution is 8.01. The van der Waals surface area contributed by atoms with Crippen LogP contribution >= 0.6 is 23.1 Å². The summed E-state index contributed by atoms with van der Waals surface area (Å²) in [5, 5.41) is 25.4. The van der Waals surface area contributed by atoms with E-state index in [1.807, 2.05) is 12.3 Å². The summed E-state index contributed by atoms with van der Waals surface area (Å²) in [6.07, 6.45) is 1.51. The number of nitrogens with one attached hydrogen (secondary N) is 1. The number of hydrogen-bond acceptors (Lipinski definition) is 7. The highest BCUT2D eigenvalue weighted by Crippen LogP contribution is 2.36. The zero-order valence-corrected chi connectivity index (χ0v) is 17.8. The maximum atomic E-state index is 12.5. The third kappa shape index (κ3) is 6.57. The Morgan fingerprint density at radius 3 is 2.75 bits per heavy atom. The van der Waals surface area contributed by atoms with E-state index in [0.717, 1.165) is 16.5 Å². The van der Waals surface area contributed by atoms with E-state index >= 15 is 0 Å². The van der Waals surface area contributed by atoms with Crippen LogP contribution in [0, 0.1) is 28.9 Å². The van der Waals surface area contributed by atoms with E-state index in [0.29, 0.717) is 23.8 Å². The molecule has 0 bridgehead atoms. The lowest BCUT2D eigenvalue weighted by atomic mass is 9.94. The molecule has 2 aromatic rings. The van der Waals surface area contributed by atoms with Gasteiger partial charge in [-0.15, -0.1) is 11.3 Å².